The maximum Gasteiger partial charge on any atom is 0.280 e. The van der Waals surface area contributed by atoms with Crippen LogP contribution in [0.2, 0.25) is 0 Å². The molecule has 0 aromatic carbocycles. The Hall–Kier alpha value is -2.09. The van der Waals surface area contributed by atoms with E-state index < -0.39 is 12.3 Å². The molecule has 0 aliphatic heterocycles. The van der Waals surface area contributed by atoms with Crippen molar-refractivity contribution >= 4 is 11.6 Å². The summed E-state index contributed by atoms with van der Waals surface area (Å²) in [6.07, 6.45) is -1.53. The summed E-state index contributed by atoms with van der Waals surface area (Å²) in [6.45, 7) is 1.43. The smallest absolute Gasteiger partial charge is 0.280 e. The number of nitrogens with one attached hydrogen (secondary N) is 1. The maximum atomic E-state index is 12.9. The quantitative estimate of drug-likeness (QED) is 0.857. The van der Waals surface area contributed by atoms with Gasteiger partial charge in [-0.05, 0) is 13.0 Å². The average molecular weight is 270 g/mol. The molecule has 2 heterocycles. The van der Waals surface area contributed by atoms with Gasteiger partial charge in [-0.25, -0.2) is 18.3 Å². The van der Waals surface area contributed by atoms with E-state index in [1.165, 1.54) is 12.3 Å². The van der Waals surface area contributed by atoms with E-state index in [9.17, 15) is 13.6 Å². The van der Waals surface area contributed by atoms with Crippen molar-refractivity contribution in [3.8, 4) is 0 Å². The molecule has 6 nitrogen and oxygen atoms in total. The summed E-state index contributed by atoms with van der Waals surface area (Å²) in [6, 6.07) is 1.22. The molecule has 0 saturated carbocycles. The van der Waals surface area contributed by atoms with E-state index >= 15 is 0 Å². The monoisotopic (exact) mass is 270 g/mol. The molecule has 2 aromatic heterocycles. The van der Waals surface area contributed by atoms with Gasteiger partial charge in [0.25, 0.3) is 12.3 Å². The summed E-state index contributed by atoms with van der Waals surface area (Å²) in [5.74, 6) is -0.512. The van der Waals surface area contributed by atoms with Crippen molar-refractivity contribution in [3.05, 3.63) is 29.2 Å². The van der Waals surface area contributed by atoms with E-state index in [1.807, 2.05) is 0 Å². The van der Waals surface area contributed by atoms with Gasteiger partial charge in [0.1, 0.15) is 11.3 Å². The van der Waals surface area contributed by atoms with Gasteiger partial charge < -0.3 is 10.4 Å². The molecule has 2 aromatic rings. The number of aryl methyl sites for hydroxylation is 1. The molecule has 0 saturated heterocycles. The predicted octanol–water partition coefficient (Wildman–Crippen LogP) is 0.697. The van der Waals surface area contributed by atoms with Crippen molar-refractivity contribution in [2.75, 3.05) is 13.2 Å². The van der Waals surface area contributed by atoms with Gasteiger partial charge in [-0.2, -0.15) is 5.10 Å². The number of fused-ring (bicyclic) bond motifs is 1. The first kappa shape index (κ1) is 13.3. The number of alkyl halides is 2. The van der Waals surface area contributed by atoms with Gasteiger partial charge in [-0.15, -0.1) is 0 Å². The molecule has 8 heteroatoms. The Bertz CT molecular complexity index is 612. The molecule has 1 amide bonds. The first-order chi connectivity index (χ1) is 9.04. The standard InChI is InChI=1S/C11H12F2N4O2/c1-6-4-8(9(12)13)17-10(16-6)7(5-15-17)11(19)14-2-3-18/h4-5,9,18H,2-3H2,1H3,(H,14,19). The maximum absolute atomic E-state index is 12.9. The Balaban J connectivity index is 2.50. The van der Waals surface area contributed by atoms with Crippen LogP contribution in [-0.4, -0.2) is 38.8 Å². The third-order valence-corrected chi connectivity index (χ3v) is 2.49. The van der Waals surface area contributed by atoms with Gasteiger partial charge in [-0.3, -0.25) is 4.79 Å². The second-order valence-corrected chi connectivity index (χ2v) is 3.90. The zero-order chi connectivity index (χ0) is 14.0. The molecule has 102 valence electrons. The molecule has 0 atom stereocenters. The minimum absolute atomic E-state index is 0.0731. The third kappa shape index (κ3) is 2.53. The number of hydrogen-bond acceptors (Lipinski definition) is 4. The van der Waals surface area contributed by atoms with Crippen LogP contribution in [0.5, 0.6) is 0 Å². The Morgan fingerprint density at radius 2 is 2.32 bits per heavy atom. The predicted molar refractivity (Wildman–Crippen MR) is 62.1 cm³/mol. The number of rotatable bonds is 4. The minimum Gasteiger partial charge on any atom is -0.395 e. The van der Waals surface area contributed by atoms with Crippen molar-refractivity contribution in [1.82, 2.24) is 19.9 Å². The van der Waals surface area contributed by atoms with Crippen molar-refractivity contribution in [2.45, 2.75) is 13.3 Å². The molecule has 2 N–H and O–H groups in total. The molecule has 0 aliphatic carbocycles. The Kier molecular flexibility index (Phi) is 3.70. The Labute approximate surface area is 107 Å². The van der Waals surface area contributed by atoms with Gasteiger partial charge in [0.2, 0.25) is 0 Å². The van der Waals surface area contributed by atoms with Gasteiger partial charge in [0, 0.05) is 12.2 Å². The largest absolute Gasteiger partial charge is 0.395 e. The number of hydrogen-bond donors (Lipinski definition) is 2. The van der Waals surface area contributed by atoms with Gasteiger partial charge in [0.05, 0.1) is 12.8 Å². The van der Waals surface area contributed by atoms with E-state index in [0.717, 1.165) is 4.52 Å². The highest BCUT2D eigenvalue weighted by atomic mass is 19.3. The van der Waals surface area contributed by atoms with Crippen LogP contribution in [0.3, 0.4) is 0 Å². The number of aromatic nitrogens is 3. The summed E-state index contributed by atoms with van der Waals surface area (Å²) in [5, 5.41) is 14.8. The van der Waals surface area contributed by atoms with E-state index in [1.54, 1.807) is 6.92 Å². The van der Waals surface area contributed by atoms with Crippen LogP contribution in [0.25, 0.3) is 5.65 Å². The fourth-order valence-electron chi connectivity index (χ4n) is 1.69. The van der Waals surface area contributed by atoms with Crippen LogP contribution in [0.4, 0.5) is 8.78 Å². The zero-order valence-corrected chi connectivity index (χ0v) is 10.1. The number of amides is 1. The lowest BCUT2D eigenvalue weighted by atomic mass is 10.3. The first-order valence-electron chi connectivity index (χ1n) is 5.57. The molecule has 0 spiro atoms. The summed E-state index contributed by atoms with van der Waals surface area (Å²) in [7, 11) is 0. The van der Waals surface area contributed by atoms with Crippen LogP contribution in [0.1, 0.15) is 28.2 Å². The Morgan fingerprint density at radius 3 is 2.95 bits per heavy atom. The molecule has 19 heavy (non-hydrogen) atoms. The average Bonchev–Trinajstić information content (AvgIpc) is 2.78. The highest BCUT2D eigenvalue weighted by Gasteiger charge is 2.19. The fourth-order valence-corrected chi connectivity index (χ4v) is 1.69. The molecule has 0 radical (unpaired) electrons. The lowest BCUT2D eigenvalue weighted by Crippen LogP contribution is -2.26. The molecule has 0 fully saturated rings. The zero-order valence-electron chi connectivity index (χ0n) is 10.1. The second kappa shape index (κ2) is 5.27. The highest BCUT2D eigenvalue weighted by Crippen LogP contribution is 2.21. The lowest BCUT2D eigenvalue weighted by molar-refractivity contribution is 0.0946. The highest BCUT2D eigenvalue weighted by molar-refractivity contribution is 5.99. The van der Waals surface area contributed by atoms with E-state index in [4.69, 9.17) is 5.11 Å². The van der Waals surface area contributed by atoms with Crippen LogP contribution in [0, 0.1) is 6.92 Å². The second-order valence-electron chi connectivity index (χ2n) is 3.90. The van der Waals surface area contributed by atoms with Crippen molar-refractivity contribution in [1.29, 1.82) is 0 Å². The van der Waals surface area contributed by atoms with E-state index in [0.29, 0.717) is 5.69 Å². The third-order valence-electron chi connectivity index (χ3n) is 2.49. The van der Waals surface area contributed by atoms with Crippen LogP contribution in [0.15, 0.2) is 12.3 Å². The first-order valence-corrected chi connectivity index (χ1v) is 5.57. The number of aliphatic hydroxyl groups excluding tert-OH is 1. The molecule has 0 bridgehead atoms. The SMILES string of the molecule is Cc1cc(C(F)F)n2ncc(C(=O)NCCO)c2n1. The van der Waals surface area contributed by atoms with Gasteiger partial charge in [0.15, 0.2) is 5.65 Å². The van der Waals surface area contributed by atoms with Gasteiger partial charge >= 0.3 is 0 Å². The molecular formula is C11H12F2N4O2. The number of halogens is 2. The molecular weight excluding hydrogens is 258 g/mol. The number of carbonyl (C=O) groups is 1. The van der Waals surface area contributed by atoms with Crippen LogP contribution >= 0.6 is 0 Å². The lowest BCUT2D eigenvalue weighted by Gasteiger charge is -2.05. The number of carbonyl (C=O) groups excluding carboxylic acids is 1. The van der Waals surface area contributed by atoms with Crippen LogP contribution in [-0.2, 0) is 0 Å². The van der Waals surface area contributed by atoms with Gasteiger partial charge in [-0.1, -0.05) is 0 Å². The summed E-state index contributed by atoms with van der Waals surface area (Å²) < 4.78 is 26.7. The number of aliphatic hydroxyl groups is 1. The molecule has 0 aliphatic rings. The van der Waals surface area contributed by atoms with E-state index in [-0.39, 0.29) is 30.1 Å². The van der Waals surface area contributed by atoms with Crippen molar-refractivity contribution in [2.24, 2.45) is 0 Å². The summed E-state index contributed by atoms with van der Waals surface area (Å²) in [5.41, 5.74) is 0.230. The number of nitrogens with zero attached hydrogens (tertiary/aromatic N) is 3. The summed E-state index contributed by atoms with van der Waals surface area (Å²) in [4.78, 5) is 15.8. The molecule has 2 rings (SSSR count). The van der Waals surface area contributed by atoms with Crippen molar-refractivity contribution < 1.29 is 18.7 Å². The minimum atomic E-state index is -2.71. The van der Waals surface area contributed by atoms with Crippen molar-refractivity contribution in [3.63, 3.8) is 0 Å². The fraction of sp³-hybridized carbons (Fsp3) is 0.364. The van der Waals surface area contributed by atoms with Crippen LogP contribution < -0.4 is 5.32 Å². The molecule has 0 unspecified atom stereocenters. The Morgan fingerprint density at radius 1 is 1.58 bits per heavy atom. The van der Waals surface area contributed by atoms with E-state index in [2.05, 4.69) is 15.4 Å². The topological polar surface area (TPSA) is 79.5 Å². The summed E-state index contributed by atoms with van der Waals surface area (Å²) >= 11 is 0. The normalized spacial score (nSPS) is 11.2.